The molecule has 0 fully saturated rings. The summed E-state index contributed by atoms with van der Waals surface area (Å²) in [6.07, 6.45) is 4.14. The first-order valence-electron chi connectivity index (χ1n) is 5.60. The Morgan fingerprint density at radius 1 is 1.56 bits per heavy atom. The molecule has 0 aromatic carbocycles. The SMILES string of the molecule is CCn1ccnc(NC(C)(CC)CN)c1=O. The summed E-state index contributed by atoms with van der Waals surface area (Å²) in [5.74, 6) is 0.374. The zero-order valence-corrected chi connectivity index (χ0v) is 10.2. The van der Waals surface area contributed by atoms with E-state index < -0.39 is 0 Å². The molecule has 0 aliphatic heterocycles. The molecule has 1 unspecified atom stereocenters. The normalized spacial score (nSPS) is 14.5. The molecule has 1 aromatic rings. The van der Waals surface area contributed by atoms with E-state index in [4.69, 9.17) is 5.73 Å². The van der Waals surface area contributed by atoms with Crippen molar-refractivity contribution >= 4 is 5.82 Å². The number of hydrogen-bond donors (Lipinski definition) is 2. The molecule has 5 heteroatoms. The fourth-order valence-corrected chi connectivity index (χ4v) is 1.35. The Morgan fingerprint density at radius 2 is 2.25 bits per heavy atom. The molecule has 0 bridgehead atoms. The molecule has 5 nitrogen and oxygen atoms in total. The van der Waals surface area contributed by atoms with Crippen LogP contribution >= 0.6 is 0 Å². The van der Waals surface area contributed by atoms with Crippen molar-refractivity contribution in [3.05, 3.63) is 22.7 Å². The van der Waals surface area contributed by atoms with Crippen LogP contribution in [0.4, 0.5) is 5.82 Å². The molecule has 90 valence electrons. The monoisotopic (exact) mass is 224 g/mol. The third-order valence-electron chi connectivity index (χ3n) is 2.91. The Bertz CT molecular complexity index is 395. The van der Waals surface area contributed by atoms with Gasteiger partial charge in [-0.2, -0.15) is 0 Å². The molecule has 0 aliphatic carbocycles. The van der Waals surface area contributed by atoms with Gasteiger partial charge >= 0.3 is 0 Å². The van der Waals surface area contributed by atoms with Crippen LogP contribution in [0.1, 0.15) is 27.2 Å². The predicted octanol–water partition coefficient (Wildman–Crippen LogP) is 0.802. The highest BCUT2D eigenvalue weighted by molar-refractivity contribution is 5.34. The van der Waals surface area contributed by atoms with E-state index in [1.54, 1.807) is 17.0 Å². The van der Waals surface area contributed by atoms with E-state index in [-0.39, 0.29) is 11.1 Å². The summed E-state index contributed by atoms with van der Waals surface area (Å²) in [4.78, 5) is 16.0. The number of aromatic nitrogens is 2. The fourth-order valence-electron chi connectivity index (χ4n) is 1.35. The highest BCUT2D eigenvalue weighted by atomic mass is 16.1. The number of aryl methyl sites for hydroxylation is 1. The van der Waals surface area contributed by atoms with Gasteiger partial charge in [-0.25, -0.2) is 4.98 Å². The van der Waals surface area contributed by atoms with Gasteiger partial charge in [-0.3, -0.25) is 4.79 Å². The first-order valence-corrected chi connectivity index (χ1v) is 5.60. The van der Waals surface area contributed by atoms with Crippen molar-refractivity contribution in [2.75, 3.05) is 11.9 Å². The van der Waals surface area contributed by atoms with Gasteiger partial charge in [0.05, 0.1) is 0 Å². The van der Waals surface area contributed by atoms with Crippen molar-refractivity contribution in [2.45, 2.75) is 39.3 Å². The van der Waals surface area contributed by atoms with Crippen LogP contribution in [0.15, 0.2) is 17.2 Å². The van der Waals surface area contributed by atoms with Gasteiger partial charge < -0.3 is 15.6 Å². The summed E-state index contributed by atoms with van der Waals surface area (Å²) in [6, 6.07) is 0. The Kier molecular flexibility index (Phi) is 4.06. The summed E-state index contributed by atoms with van der Waals surface area (Å²) in [5, 5.41) is 3.13. The number of nitrogens with zero attached hydrogens (tertiary/aromatic N) is 2. The average molecular weight is 224 g/mol. The molecular weight excluding hydrogens is 204 g/mol. The molecule has 1 heterocycles. The van der Waals surface area contributed by atoms with Gasteiger partial charge in [0.15, 0.2) is 5.82 Å². The van der Waals surface area contributed by atoms with E-state index in [0.717, 1.165) is 6.42 Å². The summed E-state index contributed by atoms with van der Waals surface area (Å²) in [6.45, 7) is 7.04. The van der Waals surface area contributed by atoms with E-state index in [1.165, 1.54) is 0 Å². The summed E-state index contributed by atoms with van der Waals surface area (Å²) in [5.41, 5.74) is 5.31. The average Bonchev–Trinajstić information content (AvgIpc) is 2.32. The van der Waals surface area contributed by atoms with Crippen molar-refractivity contribution in [3.63, 3.8) is 0 Å². The van der Waals surface area contributed by atoms with Crippen molar-refractivity contribution in [1.29, 1.82) is 0 Å². The third-order valence-corrected chi connectivity index (χ3v) is 2.91. The van der Waals surface area contributed by atoms with E-state index in [9.17, 15) is 4.79 Å². The lowest BCUT2D eigenvalue weighted by Crippen LogP contribution is -2.44. The van der Waals surface area contributed by atoms with Crippen LogP contribution in [-0.4, -0.2) is 21.6 Å². The van der Waals surface area contributed by atoms with Gasteiger partial charge in [0, 0.05) is 31.0 Å². The maximum atomic E-state index is 11.9. The first kappa shape index (κ1) is 12.7. The van der Waals surface area contributed by atoms with Crippen LogP contribution < -0.4 is 16.6 Å². The number of nitrogens with one attached hydrogen (secondary N) is 1. The molecule has 16 heavy (non-hydrogen) atoms. The minimum Gasteiger partial charge on any atom is -0.359 e. The number of nitrogens with two attached hydrogens (primary N) is 1. The van der Waals surface area contributed by atoms with Crippen molar-refractivity contribution in [3.8, 4) is 0 Å². The summed E-state index contributed by atoms with van der Waals surface area (Å²) in [7, 11) is 0. The zero-order valence-electron chi connectivity index (χ0n) is 10.2. The predicted molar refractivity (Wildman–Crippen MR) is 65.5 cm³/mol. The smallest absolute Gasteiger partial charge is 0.293 e. The lowest BCUT2D eigenvalue weighted by atomic mass is 9.99. The standard InChI is InChI=1S/C11H20N4O/c1-4-11(3,8-12)14-9-10(16)15(5-2)7-6-13-9/h6-7H,4-5,8,12H2,1-3H3,(H,13,14). The molecule has 0 aliphatic rings. The molecule has 1 atom stereocenters. The van der Waals surface area contributed by atoms with Crippen molar-refractivity contribution in [2.24, 2.45) is 5.73 Å². The van der Waals surface area contributed by atoms with E-state index in [1.807, 2.05) is 20.8 Å². The lowest BCUT2D eigenvalue weighted by Gasteiger charge is -2.28. The Balaban J connectivity index is 3.02. The second kappa shape index (κ2) is 5.12. The number of rotatable bonds is 5. The minimum atomic E-state index is -0.279. The van der Waals surface area contributed by atoms with E-state index >= 15 is 0 Å². The molecule has 0 radical (unpaired) electrons. The lowest BCUT2D eigenvalue weighted by molar-refractivity contribution is 0.502. The highest BCUT2D eigenvalue weighted by Crippen LogP contribution is 2.12. The molecule has 0 amide bonds. The number of anilines is 1. The van der Waals surface area contributed by atoms with Crippen LogP contribution in [0, 0.1) is 0 Å². The van der Waals surface area contributed by atoms with Crippen LogP contribution in [0.5, 0.6) is 0 Å². The van der Waals surface area contributed by atoms with Crippen LogP contribution in [0.25, 0.3) is 0 Å². The van der Waals surface area contributed by atoms with Gasteiger partial charge in [-0.15, -0.1) is 0 Å². The first-order chi connectivity index (χ1) is 7.56. The topological polar surface area (TPSA) is 72.9 Å². The van der Waals surface area contributed by atoms with E-state index in [0.29, 0.717) is 18.9 Å². The van der Waals surface area contributed by atoms with Crippen molar-refractivity contribution < 1.29 is 0 Å². The second-order valence-electron chi connectivity index (χ2n) is 4.11. The fraction of sp³-hybridized carbons (Fsp3) is 0.636. The van der Waals surface area contributed by atoms with Crippen molar-refractivity contribution in [1.82, 2.24) is 9.55 Å². The number of hydrogen-bond acceptors (Lipinski definition) is 4. The molecule has 1 aromatic heterocycles. The largest absolute Gasteiger partial charge is 0.359 e. The molecule has 0 saturated carbocycles. The Morgan fingerprint density at radius 3 is 2.75 bits per heavy atom. The molecule has 0 saturated heterocycles. The summed E-state index contributed by atoms with van der Waals surface area (Å²) >= 11 is 0. The maximum Gasteiger partial charge on any atom is 0.293 e. The molecule has 0 spiro atoms. The Labute approximate surface area is 95.7 Å². The van der Waals surface area contributed by atoms with Crippen LogP contribution in [0.3, 0.4) is 0 Å². The van der Waals surface area contributed by atoms with Gasteiger partial charge in [0.25, 0.3) is 5.56 Å². The van der Waals surface area contributed by atoms with Gasteiger partial charge in [-0.1, -0.05) is 6.92 Å². The van der Waals surface area contributed by atoms with Gasteiger partial charge in [0.1, 0.15) is 0 Å². The zero-order chi connectivity index (χ0) is 12.2. The molecule has 3 N–H and O–H groups in total. The highest BCUT2D eigenvalue weighted by Gasteiger charge is 2.21. The Hall–Kier alpha value is -1.36. The summed E-state index contributed by atoms with van der Waals surface area (Å²) < 4.78 is 1.61. The minimum absolute atomic E-state index is 0.0990. The quantitative estimate of drug-likeness (QED) is 0.776. The van der Waals surface area contributed by atoms with Gasteiger partial charge in [-0.05, 0) is 20.3 Å². The third kappa shape index (κ3) is 2.61. The van der Waals surface area contributed by atoms with E-state index in [2.05, 4.69) is 10.3 Å². The van der Waals surface area contributed by atoms with Gasteiger partial charge in [0.2, 0.25) is 0 Å². The molecule has 1 rings (SSSR count). The maximum absolute atomic E-state index is 11.9. The van der Waals surface area contributed by atoms with Crippen LogP contribution in [-0.2, 0) is 6.54 Å². The van der Waals surface area contributed by atoms with Crippen LogP contribution in [0.2, 0.25) is 0 Å². The molecular formula is C11H20N4O. The second-order valence-corrected chi connectivity index (χ2v) is 4.11.